The van der Waals surface area contributed by atoms with Crippen molar-refractivity contribution < 1.29 is 32.6 Å². The zero-order valence-corrected chi connectivity index (χ0v) is 22.8. The van der Waals surface area contributed by atoms with Gasteiger partial charge in [0, 0.05) is 19.2 Å². The quantitative estimate of drug-likeness (QED) is 0.226. The van der Waals surface area contributed by atoms with Crippen molar-refractivity contribution in [2.45, 2.75) is 44.2 Å². The zero-order chi connectivity index (χ0) is 29.3. The Morgan fingerprint density at radius 1 is 1.02 bits per heavy atom. The van der Waals surface area contributed by atoms with Gasteiger partial charge < -0.3 is 19.7 Å². The van der Waals surface area contributed by atoms with E-state index in [1.807, 2.05) is 0 Å². The predicted octanol–water partition coefficient (Wildman–Crippen LogP) is 7.30. The summed E-state index contributed by atoms with van der Waals surface area (Å²) in [5, 5.41) is 12.1. The molecule has 4 aromatic rings. The number of carboxylic acid groups (broad SMARTS) is 1. The number of anilines is 1. The first-order valence-electron chi connectivity index (χ1n) is 13.2. The average Bonchev–Trinajstić information content (AvgIpc) is 3.29. The number of imidazole rings is 1. The average molecular weight is 586 g/mol. The maximum absolute atomic E-state index is 14.6. The van der Waals surface area contributed by atoms with E-state index in [-0.39, 0.29) is 39.0 Å². The number of benzene rings is 3. The van der Waals surface area contributed by atoms with Crippen molar-refractivity contribution in [2.75, 3.05) is 12.4 Å². The number of carbonyl (C=O) groups is 2. The summed E-state index contributed by atoms with van der Waals surface area (Å²) in [5.41, 5.74) is 1.01. The first-order valence-corrected chi connectivity index (χ1v) is 13.5. The highest BCUT2D eigenvalue weighted by Crippen LogP contribution is 2.40. The third-order valence-corrected chi connectivity index (χ3v) is 7.83. The molecule has 11 heteroatoms. The molecule has 2 unspecified atom stereocenters. The summed E-state index contributed by atoms with van der Waals surface area (Å²) >= 11 is 6.32. The first kappa shape index (κ1) is 28.6. The Hall–Kier alpha value is -3.89. The van der Waals surface area contributed by atoms with Gasteiger partial charge in [-0.3, -0.25) is 4.79 Å². The lowest BCUT2D eigenvalue weighted by atomic mass is 9.83. The number of fused-ring (bicyclic) bond motifs is 1. The summed E-state index contributed by atoms with van der Waals surface area (Å²) in [6.45, 7) is 0. The van der Waals surface area contributed by atoms with Crippen LogP contribution in [0.1, 0.15) is 66.0 Å². The number of nitrogens with zero attached hydrogens (tertiary/aromatic N) is 2. The second kappa shape index (κ2) is 11.9. The molecule has 5 rings (SSSR count). The zero-order valence-electron chi connectivity index (χ0n) is 22.0. The summed E-state index contributed by atoms with van der Waals surface area (Å²) in [5.74, 6) is -4.27. The minimum Gasteiger partial charge on any atom is -0.478 e. The van der Waals surface area contributed by atoms with Crippen LogP contribution in [0.4, 0.5) is 18.9 Å². The molecule has 2 N–H and O–H groups in total. The van der Waals surface area contributed by atoms with Crippen molar-refractivity contribution in [1.82, 2.24) is 9.55 Å². The van der Waals surface area contributed by atoms with Gasteiger partial charge in [-0.05, 0) is 54.7 Å². The molecule has 1 aliphatic rings. The second-order valence-corrected chi connectivity index (χ2v) is 10.5. The van der Waals surface area contributed by atoms with Gasteiger partial charge in [-0.1, -0.05) is 43.0 Å². The van der Waals surface area contributed by atoms with Gasteiger partial charge in [0.25, 0.3) is 0 Å². The number of rotatable bonds is 8. The molecule has 0 radical (unpaired) electrons. The van der Waals surface area contributed by atoms with E-state index >= 15 is 0 Å². The number of methoxy groups -OCH3 is 1. The van der Waals surface area contributed by atoms with Gasteiger partial charge >= 0.3 is 5.97 Å². The number of carboxylic acids is 1. The van der Waals surface area contributed by atoms with Crippen LogP contribution in [0.3, 0.4) is 0 Å². The van der Waals surface area contributed by atoms with Crippen LogP contribution in [0.2, 0.25) is 5.02 Å². The number of ether oxygens (including phenoxy) is 1. The molecule has 0 aliphatic heterocycles. The Balaban J connectivity index is 1.68. The highest BCUT2D eigenvalue weighted by atomic mass is 35.5. The molecule has 214 valence electrons. The highest BCUT2D eigenvalue weighted by molar-refractivity contribution is 6.34. The van der Waals surface area contributed by atoms with Crippen LogP contribution >= 0.6 is 11.6 Å². The first-order chi connectivity index (χ1) is 19.7. The van der Waals surface area contributed by atoms with Crippen LogP contribution in [0, 0.1) is 23.4 Å². The lowest BCUT2D eigenvalue weighted by Gasteiger charge is -2.33. The lowest BCUT2D eigenvalue weighted by Crippen LogP contribution is -2.35. The van der Waals surface area contributed by atoms with Crippen molar-refractivity contribution in [3.05, 3.63) is 94.0 Å². The molecule has 1 saturated carbocycles. The molecule has 1 aliphatic carbocycles. The van der Waals surface area contributed by atoms with Gasteiger partial charge in [-0.2, -0.15) is 0 Å². The molecule has 1 aromatic heterocycles. The molecular formula is C30H27ClF3N3O4. The fraction of sp³-hybridized carbons (Fsp3) is 0.300. The number of halogens is 4. The third-order valence-electron chi connectivity index (χ3n) is 7.52. The summed E-state index contributed by atoms with van der Waals surface area (Å²) in [4.78, 5) is 30.1. The fourth-order valence-electron chi connectivity index (χ4n) is 5.56. The van der Waals surface area contributed by atoms with Gasteiger partial charge in [0.1, 0.15) is 23.8 Å². The number of aromatic carboxylic acids is 1. The molecule has 3 aromatic carbocycles. The number of aromatic nitrogens is 2. The van der Waals surface area contributed by atoms with Gasteiger partial charge in [-0.15, -0.1) is 0 Å². The van der Waals surface area contributed by atoms with Gasteiger partial charge in [0.2, 0.25) is 5.91 Å². The Morgan fingerprint density at radius 3 is 2.34 bits per heavy atom. The molecule has 1 fully saturated rings. The van der Waals surface area contributed by atoms with Crippen molar-refractivity contribution in [2.24, 2.45) is 5.92 Å². The number of hydrogen-bond donors (Lipinski definition) is 2. The third kappa shape index (κ3) is 5.80. The summed E-state index contributed by atoms with van der Waals surface area (Å²) < 4.78 is 50.1. The van der Waals surface area contributed by atoms with Crippen LogP contribution in [0.15, 0.2) is 54.6 Å². The Labute approximate surface area is 238 Å². The number of hydrogen-bond acceptors (Lipinski definition) is 4. The Kier molecular flexibility index (Phi) is 8.32. The largest absolute Gasteiger partial charge is 0.478 e. The lowest BCUT2D eigenvalue weighted by molar-refractivity contribution is -0.121. The standard InChI is InChI=1S/C30H27ClF3N3O4/c1-41-27(17-7-10-19(32)11-8-17)28-35-24-14-21(33)22(34)15-25(24)37(28)26(16-5-3-2-4-6-16)29(38)36-23-12-9-18(30(39)40)13-20(23)31/h7-16,26-27H,2-6H2,1H3,(H,36,38)(H,39,40). The van der Waals surface area contributed by atoms with Crippen molar-refractivity contribution in [3.63, 3.8) is 0 Å². The molecular weight excluding hydrogens is 559 g/mol. The molecule has 0 bridgehead atoms. The van der Waals surface area contributed by atoms with Crippen molar-refractivity contribution >= 4 is 40.2 Å². The molecule has 0 saturated heterocycles. The number of carbonyl (C=O) groups excluding carboxylic acids is 1. The van der Waals surface area contributed by atoms with E-state index in [2.05, 4.69) is 10.3 Å². The van der Waals surface area contributed by atoms with Crippen molar-refractivity contribution in [1.29, 1.82) is 0 Å². The topological polar surface area (TPSA) is 93.5 Å². The number of nitrogens with one attached hydrogen (secondary N) is 1. The van der Waals surface area contributed by atoms with Gasteiger partial charge in [0.05, 0.1) is 27.3 Å². The van der Waals surface area contributed by atoms with E-state index in [0.717, 1.165) is 31.4 Å². The van der Waals surface area contributed by atoms with E-state index < -0.39 is 41.5 Å². The van der Waals surface area contributed by atoms with Crippen molar-refractivity contribution in [3.8, 4) is 0 Å². The maximum Gasteiger partial charge on any atom is 0.335 e. The molecule has 0 spiro atoms. The van der Waals surface area contributed by atoms with Gasteiger partial charge in [0.15, 0.2) is 11.6 Å². The van der Waals surface area contributed by atoms with Gasteiger partial charge in [-0.25, -0.2) is 22.9 Å². The smallest absolute Gasteiger partial charge is 0.335 e. The monoisotopic (exact) mass is 585 g/mol. The summed E-state index contributed by atoms with van der Waals surface area (Å²) in [6, 6.07) is 10.6. The van der Waals surface area contributed by atoms with E-state index in [0.29, 0.717) is 18.4 Å². The van der Waals surface area contributed by atoms with Crippen LogP contribution in [0.25, 0.3) is 11.0 Å². The molecule has 41 heavy (non-hydrogen) atoms. The van der Waals surface area contributed by atoms with E-state index in [4.69, 9.17) is 16.3 Å². The van der Waals surface area contributed by atoms with Crippen LogP contribution in [-0.2, 0) is 9.53 Å². The minimum absolute atomic E-state index is 0.0329. The molecule has 1 amide bonds. The Morgan fingerprint density at radius 2 is 1.71 bits per heavy atom. The SMILES string of the molecule is COC(c1ccc(F)cc1)c1nc2cc(F)c(F)cc2n1C(C(=O)Nc1ccc(C(=O)O)cc1Cl)C1CCCCC1. The Bertz CT molecular complexity index is 1600. The van der Waals surface area contributed by atoms with E-state index in [1.54, 1.807) is 4.57 Å². The number of amides is 1. The minimum atomic E-state index is -1.17. The molecule has 7 nitrogen and oxygen atoms in total. The maximum atomic E-state index is 14.6. The predicted molar refractivity (Wildman–Crippen MR) is 148 cm³/mol. The molecule has 1 heterocycles. The fourth-order valence-corrected chi connectivity index (χ4v) is 5.79. The van der Waals surface area contributed by atoms with Crippen LogP contribution in [0.5, 0.6) is 0 Å². The summed E-state index contributed by atoms with van der Waals surface area (Å²) in [7, 11) is 1.43. The van der Waals surface area contributed by atoms with E-state index in [1.165, 1.54) is 49.6 Å². The van der Waals surface area contributed by atoms with Crippen LogP contribution in [-0.4, -0.2) is 33.6 Å². The summed E-state index contributed by atoms with van der Waals surface area (Å²) in [6.07, 6.45) is 3.24. The second-order valence-electron chi connectivity index (χ2n) is 10.1. The molecule has 2 atom stereocenters. The van der Waals surface area contributed by atoms with Crippen LogP contribution < -0.4 is 5.32 Å². The highest BCUT2D eigenvalue weighted by Gasteiger charge is 2.37. The van der Waals surface area contributed by atoms with E-state index in [9.17, 15) is 27.9 Å². The normalized spacial score (nSPS) is 15.5.